The lowest BCUT2D eigenvalue weighted by molar-refractivity contribution is -0.00435. The van der Waals surface area contributed by atoms with Gasteiger partial charge in [0.1, 0.15) is 0 Å². The number of piperidine rings is 2. The normalized spacial score (nSPS) is 22.9. The number of ether oxygens (including phenoxy) is 2. The molecule has 4 heteroatoms. The molecule has 0 atom stereocenters. The van der Waals surface area contributed by atoms with Crippen molar-refractivity contribution >= 4 is 5.91 Å². The summed E-state index contributed by atoms with van der Waals surface area (Å²) in [5, 5.41) is 0. The van der Waals surface area contributed by atoms with E-state index in [2.05, 4.69) is 49.1 Å². The SMILES string of the molecule is COc1cc(C(=O)N2CCC3(c4ccccc4)CC2C3)ccc1OCCC(C)C. The number of hydrogen-bond donors (Lipinski definition) is 0. The molecule has 3 aliphatic rings. The molecule has 1 saturated carbocycles. The quantitative estimate of drug-likeness (QED) is 0.659. The van der Waals surface area contributed by atoms with Crippen molar-refractivity contribution in [1.29, 1.82) is 0 Å². The van der Waals surface area contributed by atoms with Crippen LogP contribution in [0.3, 0.4) is 0 Å². The fourth-order valence-corrected chi connectivity index (χ4v) is 4.71. The highest BCUT2D eigenvalue weighted by atomic mass is 16.5. The van der Waals surface area contributed by atoms with Gasteiger partial charge < -0.3 is 14.4 Å². The Kier molecular flexibility index (Phi) is 5.53. The van der Waals surface area contributed by atoms with E-state index >= 15 is 0 Å². The number of rotatable bonds is 7. The van der Waals surface area contributed by atoms with Crippen LogP contribution in [0.5, 0.6) is 11.5 Å². The summed E-state index contributed by atoms with van der Waals surface area (Å²) in [6.07, 6.45) is 4.15. The highest BCUT2D eigenvalue weighted by molar-refractivity contribution is 5.95. The highest BCUT2D eigenvalue weighted by Gasteiger charge is 2.52. The Morgan fingerprint density at radius 3 is 2.52 bits per heavy atom. The van der Waals surface area contributed by atoms with Gasteiger partial charge >= 0.3 is 0 Å². The van der Waals surface area contributed by atoms with Crippen molar-refractivity contribution in [2.24, 2.45) is 5.92 Å². The molecule has 0 N–H and O–H groups in total. The predicted molar refractivity (Wildman–Crippen MR) is 115 cm³/mol. The molecular weight excluding hydrogens is 362 g/mol. The van der Waals surface area contributed by atoms with Crippen LogP contribution in [0, 0.1) is 5.92 Å². The first-order chi connectivity index (χ1) is 14.0. The van der Waals surface area contributed by atoms with E-state index in [-0.39, 0.29) is 11.3 Å². The van der Waals surface area contributed by atoms with Gasteiger partial charge in [-0.15, -0.1) is 0 Å². The van der Waals surface area contributed by atoms with E-state index in [1.165, 1.54) is 5.56 Å². The van der Waals surface area contributed by atoms with Gasteiger partial charge in [-0.2, -0.15) is 0 Å². The molecular formula is C25H31NO3. The van der Waals surface area contributed by atoms with Crippen LogP contribution in [0.25, 0.3) is 0 Å². The maximum Gasteiger partial charge on any atom is 0.254 e. The molecule has 0 spiro atoms. The Labute approximate surface area is 173 Å². The molecule has 2 aliphatic heterocycles. The van der Waals surface area contributed by atoms with Crippen molar-refractivity contribution in [3.8, 4) is 11.5 Å². The van der Waals surface area contributed by atoms with Gasteiger partial charge in [0, 0.05) is 23.6 Å². The molecule has 2 aromatic carbocycles. The topological polar surface area (TPSA) is 38.8 Å². The number of hydrogen-bond acceptors (Lipinski definition) is 3. The summed E-state index contributed by atoms with van der Waals surface area (Å²) < 4.78 is 11.4. The lowest BCUT2D eigenvalue weighted by Crippen LogP contribution is -2.61. The van der Waals surface area contributed by atoms with Crippen LogP contribution in [-0.2, 0) is 5.41 Å². The first kappa shape index (κ1) is 19.8. The highest BCUT2D eigenvalue weighted by Crippen LogP contribution is 2.52. The summed E-state index contributed by atoms with van der Waals surface area (Å²) in [7, 11) is 1.62. The maximum absolute atomic E-state index is 13.2. The third-order valence-corrected chi connectivity index (χ3v) is 6.54. The van der Waals surface area contributed by atoms with Crippen LogP contribution < -0.4 is 9.47 Å². The Hall–Kier alpha value is -2.49. The van der Waals surface area contributed by atoms with Crippen molar-refractivity contribution in [3.63, 3.8) is 0 Å². The first-order valence-electron chi connectivity index (χ1n) is 10.7. The smallest absolute Gasteiger partial charge is 0.254 e. The largest absolute Gasteiger partial charge is 0.493 e. The van der Waals surface area contributed by atoms with E-state index in [0.717, 1.165) is 32.2 Å². The number of benzene rings is 2. The van der Waals surface area contributed by atoms with Gasteiger partial charge in [-0.25, -0.2) is 0 Å². The van der Waals surface area contributed by atoms with Crippen LogP contribution in [-0.4, -0.2) is 37.1 Å². The number of nitrogens with zero attached hydrogens (tertiary/aromatic N) is 1. The molecule has 5 rings (SSSR count). The van der Waals surface area contributed by atoms with Crippen LogP contribution in [0.1, 0.15) is 55.5 Å². The fourth-order valence-electron chi connectivity index (χ4n) is 4.71. The summed E-state index contributed by atoms with van der Waals surface area (Å²) in [5.74, 6) is 2.02. The van der Waals surface area contributed by atoms with Crippen molar-refractivity contribution in [2.75, 3.05) is 20.3 Å². The summed E-state index contributed by atoms with van der Waals surface area (Å²) in [4.78, 5) is 15.2. The van der Waals surface area contributed by atoms with Gasteiger partial charge in [0.05, 0.1) is 13.7 Å². The second-order valence-electron chi connectivity index (χ2n) is 8.85. The number of carbonyl (C=O) groups is 1. The number of amides is 1. The zero-order valence-electron chi connectivity index (χ0n) is 17.7. The summed E-state index contributed by atoms with van der Waals surface area (Å²) in [6.45, 7) is 5.81. The number of carbonyl (C=O) groups excluding carboxylic acids is 1. The van der Waals surface area contributed by atoms with E-state index in [1.54, 1.807) is 7.11 Å². The van der Waals surface area contributed by atoms with E-state index in [0.29, 0.717) is 35.6 Å². The Bertz CT molecular complexity index is 850. The van der Waals surface area contributed by atoms with Crippen molar-refractivity contribution in [2.45, 2.75) is 51.0 Å². The van der Waals surface area contributed by atoms with E-state index < -0.39 is 0 Å². The minimum Gasteiger partial charge on any atom is -0.493 e. The Morgan fingerprint density at radius 1 is 1.14 bits per heavy atom. The second kappa shape index (κ2) is 8.10. The lowest BCUT2D eigenvalue weighted by Gasteiger charge is -2.58. The van der Waals surface area contributed by atoms with Crippen molar-refractivity contribution < 1.29 is 14.3 Å². The number of methoxy groups -OCH3 is 1. The van der Waals surface area contributed by atoms with Gasteiger partial charge in [-0.3, -0.25) is 4.79 Å². The average molecular weight is 394 g/mol. The summed E-state index contributed by atoms with van der Waals surface area (Å²) in [6, 6.07) is 16.7. The van der Waals surface area contributed by atoms with Crippen molar-refractivity contribution in [3.05, 3.63) is 59.7 Å². The first-order valence-corrected chi connectivity index (χ1v) is 10.7. The zero-order chi connectivity index (χ0) is 20.4. The van der Waals surface area contributed by atoms with Gasteiger partial charge in [-0.1, -0.05) is 44.2 Å². The molecule has 1 amide bonds. The average Bonchev–Trinajstić information content (AvgIpc) is 2.73. The Balaban J connectivity index is 1.43. The molecule has 2 heterocycles. The molecule has 0 radical (unpaired) electrons. The van der Waals surface area contributed by atoms with Gasteiger partial charge in [0.2, 0.25) is 0 Å². The molecule has 0 aromatic heterocycles. The second-order valence-corrected chi connectivity index (χ2v) is 8.85. The molecule has 154 valence electrons. The maximum atomic E-state index is 13.2. The lowest BCUT2D eigenvalue weighted by atomic mass is 9.57. The molecule has 2 saturated heterocycles. The third kappa shape index (κ3) is 3.85. The standard InChI is InChI=1S/C25H31NO3/c1-18(2)11-14-29-22-10-9-19(15-23(22)28-3)24(27)26-13-12-25(16-21(26)17-25)20-7-5-4-6-8-20/h4-10,15,18,21H,11-14,16-17H2,1-3H3. The monoisotopic (exact) mass is 393 g/mol. The van der Waals surface area contributed by atoms with Gasteiger partial charge in [0.25, 0.3) is 5.91 Å². The van der Waals surface area contributed by atoms with Gasteiger partial charge in [0.15, 0.2) is 11.5 Å². The molecule has 29 heavy (non-hydrogen) atoms. The van der Waals surface area contributed by atoms with Crippen LogP contribution in [0.2, 0.25) is 0 Å². The molecule has 0 unspecified atom stereocenters. The van der Waals surface area contributed by atoms with Crippen molar-refractivity contribution in [1.82, 2.24) is 4.90 Å². The molecule has 2 aromatic rings. The minimum atomic E-state index is 0.100. The molecule has 3 fully saturated rings. The number of fused-ring (bicyclic) bond motifs is 2. The van der Waals surface area contributed by atoms with E-state index in [4.69, 9.17) is 9.47 Å². The van der Waals surface area contributed by atoms with Gasteiger partial charge in [-0.05, 0) is 55.4 Å². The molecule has 1 aliphatic carbocycles. The van der Waals surface area contributed by atoms with E-state index in [9.17, 15) is 4.79 Å². The predicted octanol–water partition coefficient (Wildman–Crippen LogP) is 5.07. The summed E-state index contributed by atoms with van der Waals surface area (Å²) in [5.41, 5.74) is 2.37. The van der Waals surface area contributed by atoms with E-state index in [1.807, 2.05) is 18.2 Å². The zero-order valence-corrected chi connectivity index (χ0v) is 17.7. The molecule has 4 nitrogen and oxygen atoms in total. The summed E-state index contributed by atoms with van der Waals surface area (Å²) >= 11 is 0. The van der Waals surface area contributed by atoms with Crippen LogP contribution >= 0.6 is 0 Å². The van der Waals surface area contributed by atoms with Crippen LogP contribution in [0.15, 0.2) is 48.5 Å². The third-order valence-electron chi connectivity index (χ3n) is 6.54. The fraction of sp³-hybridized carbons (Fsp3) is 0.480. The van der Waals surface area contributed by atoms with Crippen LogP contribution in [0.4, 0.5) is 0 Å². The Morgan fingerprint density at radius 2 is 1.90 bits per heavy atom. The molecule has 2 bridgehead atoms. The minimum absolute atomic E-state index is 0.100.